The normalized spacial score (nSPS) is 14.3. The molecule has 350 valence electrons. The van der Waals surface area contributed by atoms with Crippen molar-refractivity contribution in [2.75, 3.05) is 59.2 Å². The molecule has 1 saturated heterocycles. The lowest BCUT2D eigenvalue weighted by Gasteiger charge is -2.32. The van der Waals surface area contributed by atoms with E-state index >= 15 is 0 Å². The number of rotatable bonds is 39. The lowest BCUT2D eigenvalue weighted by Crippen LogP contribution is -2.49. The first-order chi connectivity index (χ1) is 29.0. The van der Waals surface area contributed by atoms with Crippen molar-refractivity contribution in [2.45, 2.75) is 208 Å². The summed E-state index contributed by atoms with van der Waals surface area (Å²) in [6, 6.07) is 0. The Morgan fingerprint density at radius 2 is 1.08 bits per heavy atom. The Morgan fingerprint density at radius 3 is 1.68 bits per heavy atom. The molecule has 1 unspecified atom stereocenters. The van der Waals surface area contributed by atoms with E-state index in [1.807, 2.05) is 0 Å². The third kappa shape index (κ3) is 30.3. The van der Waals surface area contributed by atoms with E-state index in [0.29, 0.717) is 38.9 Å². The van der Waals surface area contributed by atoms with Crippen molar-refractivity contribution < 1.29 is 47.7 Å². The summed E-state index contributed by atoms with van der Waals surface area (Å²) in [6.07, 6.45) is 23.8. The summed E-state index contributed by atoms with van der Waals surface area (Å²) in [7, 11) is 0. The minimum atomic E-state index is -1.31. The second kappa shape index (κ2) is 36.9. The monoisotopic (exact) mass is 853 g/mol. The molecule has 1 aliphatic rings. The Kier molecular flexibility index (Phi) is 34.0. The quantitative estimate of drug-likeness (QED) is 0.0358. The number of carbonyl (C=O) groups is 5. The predicted octanol–water partition coefficient (Wildman–Crippen LogP) is 9.82. The summed E-state index contributed by atoms with van der Waals surface area (Å²) in [6.45, 7) is 13.9. The lowest BCUT2D eigenvalue weighted by atomic mass is 9.86. The van der Waals surface area contributed by atoms with E-state index in [0.717, 1.165) is 58.0 Å². The fourth-order valence-corrected chi connectivity index (χ4v) is 7.34. The average Bonchev–Trinajstić information content (AvgIpc) is 3.23. The number of nitrogens with one attached hydrogen (secondary N) is 1. The van der Waals surface area contributed by atoms with E-state index in [4.69, 9.17) is 23.7 Å². The standard InChI is InChI=1S/C48H88N2O10/c1-6-9-12-15-17-18-19-21-24-36-57-43(52)30-32-49-47(55)46(48(4,5)40-59-44(53)31-33-50-34-37-56-38-35-50)60-45(54)29-25-28-42(51)58-39-41(26-22-14-11-8-3)27-23-20-16-13-10-7-2/h41,46H,6-40H2,1-5H3,(H,49,55)/t41?,46-/m0/s1. The summed E-state index contributed by atoms with van der Waals surface area (Å²) < 4.78 is 27.8. The van der Waals surface area contributed by atoms with Crippen LogP contribution < -0.4 is 5.32 Å². The smallest absolute Gasteiger partial charge is 0.307 e. The molecular formula is C48H88N2O10. The highest BCUT2D eigenvalue weighted by atomic mass is 16.6. The van der Waals surface area contributed by atoms with E-state index in [-0.39, 0.29) is 51.2 Å². The summed E-state index contributed by atoms with van der Waals surface area (Å²) in [4.78, 5) is 66.7. The van der Waals surface area contributed by atoms with Crippen LogP contribution in [0.15, 0.2) is 0 Å². The van der Waals surface area contributed by atoms with Crippen molar-refractivity contribution in [3.8, 4) is 0 Å². The first-order valence-corrected chi connectivity index (χ1v) is 24.3. The van der Waals surface area contributed by atoms with E-state index in [1.165, 1.54) is 89.9 Å². The second-order valence-corrected chi connectivity index (χ2v) is 17.6. The molecule has 1 heterocycles. The van der Waals surface area contributed by atoms with Gasteiger partial charge in [0, 0.05) is 44.4 Å². The van der Waals surface area contributed by atoms with Crippen molar-refractivity contribution >= 4 is 29.8 Å². The van der Waals surface area contributed by atoms with Crippen molar-refractivity contribution in [3.05, 3.63) is 0 Å². The van der Waals surface area contributed by atoms with Crippen LogP contribution in [0.1, 0.15) is 202 Å². The number of nitrogens with zero attached hydrogens (tertiary/aromatic N) is 1. The van der Waals surface area contributed by atoms with Gasteiger partial charge in [0.05, 0.1) is 39.3 Å². The van der Waals surface area contributed by atoms with Crippen molar-refractivity contribution in [1.82, 2.24) is 10.2 Å². The SMILES string of the molecule is CCCCCCCCCCCOC(=O)CCNC(=O)[C@H](OC(=O)CCCC(=O)OCC(CCCCCC)CCCCCCCC)C(C)(C)COC(=O)CCN1CCOCC1. The zero-order valence-electron chi connectivity index (χ0n) is 38.9. The molecule has 60 heavy (non-hydrogen) atoms. The fraction of sp³-hybridized carbons (Fsp3) is 0.896. The van der Waals surface area contributed by atoms with Gasteiger partial charge in [0.15, 0.2) is 6.10 Å². The molecule has 0 aromatic heterocycles. The van der Waals surface area contributed by atoms with Gasteiger partial charge in [-0.2, -0.15) is 0 Å². The number of carbonyl (C=O) groups excluding carboxylic acids is 5. The van der Waals surface area contributed by atoms with Gasteiger partial charge in [-0.25, -0.2) is 0 Å². The Labute approximate surface area is 365 Å². The van der Waals surface area contributed by atoms with E-state index in [2.05, 4.69) is 31.0 Å². The molecule has 1 amide bonds. The van der Waals surface area contributed by atoms with Crippen molar-refractivity contribution in [3.63, 3.8) is 0 Å². The van der Waals surface area contributed by atoms with Gasteiger partial charge in [-0.05, 0) is 31.6 Å². The second-order valence-electron chi connectivity index (χ2n) is 17.6. The van der Waals surface area contributed by atoms with Crippen LogP contribution in [0, 0.1) is 11.3 Å². The van der Waals surface area contributed by atoms with Gasteiger partial charge >= 0.3 is 23.9 Å². The molecule has 12 nitrogen and oxygen atoms in total. The third-order valence-corrected chi connectivity index (χ3v) is 11.4. The highest BCUT2D eigenvalue weighted by Crippen LogP contribution is 2.26. The summed E-state index contributed by atoms with van der Waals surface area (Å²) in [5, 5.41) is 2.72. The molecule has 0 spiro atoms. The highest BCUT2D eigenvalue weighted by Gasteiger charge is 2.40. The van der Waals surface area contributed by atoms with E-state index in [9.17, 15) is 24.0 Å². The number of hydrogen-bond acceptors (Lipinski definition) is 11. The van der Waals surface area contributed by atoms with Gasteiger partial charge in [-0.15, -0.1) is 0 Å². The predicted molar refractivity (Wildman–Crippen MR) is 237 cm³/mol. The molecule has 1 N–H and O–H groups in total. The molecule has 0 aromatic carbocycles. The van der Waals surface area contributed by atoms with Gasteiger partial charge in [-0.3, -0.25) is 28.9 Å². The first kappa shape index (κ1) is 55.3. The van der Waals surface area contributed by atoms with E-state index in [1.54, 1.807) is 13.8 Å². The van der Waals surface area contributed by atoms with Gasteiger partial charge in [-0.1, -0.05) is 150 Å². The number of unbranched alkanes of at least 4 members (excludes halogenated alkanes) is 16. The van der Waals surface area contributed by atoms with Crippen LogP contribution in [0.5, 0.6) is 0 Å². The first-order valence-electron chi connectivity index (χ1n) is 24.3. The van der Waals surface area contributed by atoms with E-state index < -0.39 is 35.3 Å². The Hall–Kier alpha value is -2.73. The van der Waals surface area contributed by atoms with Gasteiger partial charge < -0.3 is 29.0 Å². The fourth-order valence-electron chi connectivity index (χ4n) is 7.34. The van der Waals surface area contributed by atoms with Crippen molar-refractivity contribution in [1.29, 1.82) is 0 Å². The van der Waals surface area contributed by atoms with Crippen LogP contribution in [0.25, 0.3) is 0 Å². The van der Waals surface area contributed by atoms with Crippen LogP contribution in [-0.2, 0) is 47.7 Å². The molecule has 0 aromatic rings. The molecule has 0 bridgehead atoms. The van der Waals surface area contributed by atoms with Crippen LogP contribution >= 0.6 is 0 Å². The zero-order valence-corrected chi connectivity index (χ0v) is 38.9. The highest BCUT2D eigenvalue weighted by molar-refractivity contribution is 5.85. The Bertz CT molecular complexity index is 1130. The summed E-state index contributed by atoms with van der Waals surface area (Å²) in [5.41, 5.74) is -1.09. The van der Waals surface area contributed by atoms with Crippen LogP contribution in [0.2, 0.25) is 0 Å². The Balaban J connectivity index is 2.65. The Morgan fingerprint density at radius 1 is 0.583 bits per heavy atom. The van der Waals surface area contributed by atoms with Crippen LogP contribution in [0.3, 0.4) is 0 Å². The minimum absolute atomic E-state index is 0.00316. The molecule has 2 atom stereocenters. The third-order valence-electron chi connectivity index (χ3n) is 11.4. The number of esters is 4. The molecule has 0 saturated carbocycles. The van der Waals surface area contributed by atoms with Gasteiger partial charge in [0.1, 0.15) is 6.61 Å². The maximum atomic E-state index is 13.5. The summed E-state index contributed by atoms with van der Waals surface area (Å²) in [5.74, 6) is -2.06. The molecular weight excluding hydrogens is 765 g/mol. The average molecular weight is 853 g/mol. The molecule has 12 heteroatoms. The molecule has 1 aliphatic heterocycles. The number of hydrogen-bond donors (Lipinski definition) is 1. The minimum Gasteiger partial charge on any atom is -0.466 e. The van der Waals surface area contributed by atoms with Crippen LogP contribution in [0.4, 0.5) is 0 Å². The number of morpholine rings is 1. The maximum Gasteiger partial charge on any atom is 0.307 e. The molecule has 0 aliphatic carbocycles. The largest absolute Gasteiger partial charge is 0.466 e. The number of amides is 1. The van der Waals surface area contributed by atoms with Gasteiger partial charge in [0.2, 0.25) is 0 Å². The zero-order chi connectivity index (χ0) is 44.1. The molecule has 1 rings (SSSR count). The summed E-state index contributed by atoms with van der Waals surface area (Å²) >= 11 is 0. The van der Waals surface area contributed by atoms with Gasteiger partial charge in [0.25, 0.3) is 5.91 Å². The molecule has 1 fully saturated rings. The molecule has 0 radical (unpaired) electrons. The topological polar surface area (TPSA) is 147 Å². The number of ether oxygens (including phenoxy) is 5. The van der Waals surface area contributed by atoms with Crippen molar-refractivity contribution in [2.24, 2.45) is 11.3 Å². The lowest BCUT2D eigenvalue weighted by molar-refractivity contribution is -0.169. The van der Waals surface area contributed by atoms with Crippen LogP contribution in [-0.4, -0.2) is 100 Å². The maximum absolute atomic E-state index is 13.5.